The molecule has 0 spiro atoms. The lowest BCUT2D eigenvalue weighted by atomic mass is 10.0. The van der Waals surface area contributed by atoms with Gasteiger partial charge in [-0.2, -0.15) is 4.98 Å². The van der Waals surface area contributed by atoms with Gasteiger partial charge in [-0.15, -0.1) is 0 Å². The lowest BCUT2D eigenvalue weighted by molar-refractivity contribution is 0.0694. The minimum atomic E-state index is -1.45. The first-order valence-corrected chi connectivity index (χ1v) is 9.20. The molecule has 0 unspecified atom stereocenters. The van der Waals surface area contributed by atoms with Crippen molar-refractivity contribution in [3.63, 3.8) is 0 Å². The van der Waals surface area contributed by atoms with Crippen molar-refractivity contribution in [3.05, 3.63) is 57.9 Å². The normalized spacial score (nSPS) is 10.5. The number of pyridine rings is 2. The van der Waals surface area contributed by atoms with Gasteiger partial charge in [0.15, 0.2) is 0 Å². The molecule has 0 saturated heterocycles. The number of aliphatic hydroxyl groups is 1. The third-order valence-electron chi connectivity index (χ3n) is 4.00. The zero-order valence-corrected chi connectivity index (χ0v) is 16.8. The van der Waals surface area contributed by atoms with Crippen molar-refractivity contribution < 1.29 is 28.5 Å². The molecule has 0 aliphatic heterocycles. The zero-order chi connectivity index (χ0) is 22.4. The number of hydrogen-bond donors (Lipinski definition) is 2. The summed E-state index contributed by atoms with van der Waals surface area (Å²) in [6, 6.07) is 4.14. The third-order valence-corrected chi connectivity index (χ3v) is 4.00. The number of ether oxygens (including phenoxy) is 1. The second-order valence-corrected chi connectivity index (χ2v) is 6.34. The van der Waals surface area contributed by atoms with Crippen molar-refractivity contribution in [1.29, 1.82) is 0 Å². The van der Waals surface area contributed by atoms with Crippen LogP contribution >= 0.6 is 0 Å². The van der Waals surface area contributed by atoms with Crippen LogP contribution in [0.25, 0.3) is 22.2 Å². The van der Waals surface area contributed by atoms with E-state index in [0.717, 1.165) is 12.3 Å². The van der Waals surface area contributed by atoms with Gasteiger partial charge in [0.25, 0.3) is 0 Å². The number of halogens is 2. The number of rotatable bonds is 5. The average Bonchev–Trinajstić information content (AvgIpc) is 2.70. The number of nitrogens with zero attached hydrogens (tertiary/aromatic N) is 2. The number of carboxylic acids is 1. The molecule has 2 aromatic heterocycles. The number of aliphatic hydroxyl groups excluding tert-OH is 1. The molecule has 0 aliphatic rings. The lowest BCUT2D eigenvalue weighted by Crippen LogP contribution is -2.20. The van der Waals surface area contributed by atoms with Gasteiger partial charge in [-0.25, -0.2) is 13.6 Å². The fourth-order valence-electron chi connectivity index (χ4n) is 2.78. The molecule has 9 heteroatoms. The summed E-state index contributed by atoms with van der Waals surface area (Å²) in [6.07, 6.45) is 2.33. The summed E-state index contributed by atoms with van der Waals surface area (Å²) in [4.78, 5) is 28.1. The summed E-state index contributed by atoms with van der Waals surface area (Å²) < 4.78 is 33.9. The van der Waals surface area contributed by atoms with Crippen LogP contribution in [0.2, 0.25) is 0 Å². The molecule has 0 fully saturated rings. The summed E-state index contributed by atoms with van der Waals surface area (Å²) in [6.45, 7) is 3.91. The average molecular weight is 420 g/mol. The van der Waals surface area contributed by atoms with E-state index < -0.39 is 28.6 Å². The van der Waals surface area contributed by atoms with Crippen LogP contribution in [0.15, 0.2) is 35.3 Å². The molecule has 7 nitrogen and oxygen atoms in total. The molecular weight excluding hydrogens is 398 g/mol. The third kappa shape index (κ3) is 4.62. The van der Waals surface area contributed by atoms with Gasteiger partial charge in [0.05, 0.1) is 19.1 Å². The van der Waals surface area contributed by atoms with Crippen LogP contribution in [-0.2, 0) is 6.54 Å². The highest BCUT2D eigenvalue weighted by molar-refractivity contribution is 5.93. The van der Waals surface area contributed by atoms with Gasteiger partial charge in [0.2, 0.25) is 11.3 Å². The quantitative estimate of drug-likeness (QED) is 0.656. The van der Waals surface area contributed by atoms with Gasteiger partial charge >= 0.3 is 5.97 Å². The molecule has 3 aromatic rings. The molecule has 0 saturated carbocycles. The van der Waals surface area contributed by atoms with Crippen LogP contribution < -0.4 is 10.2 Å². The Balaban J connectivity index is 0.00000101. The topological polar surface area (TPSA) is 102 Å². The number of fused-ring (bicyclic) bond motifs is 1. The molecule has 0 radical (unpaired) electrons. The SMILES string of the molecule is CCC.COc1nc2c(cc1-c1ccc(F)cc1F)c(=O)c(C(=O)O)cn2CCO. The molecule has 0 aliphatic carbocycles. The van der Waals surface area contributed by atoms with Gasteiger partial charge < -0.3 is 19.5 Å². The molecule has 30 heavy (non-hydrogen) atoms. The fraction of sp³-hybridized carbons (Fsp3) is 0.286. The predicted octanol–water partition coefficient (Wildman–Crippen LogP) is 3.46. The standard InChI is InChI=1S/C18H14F2N2O5.C3H8/c1-27-17-11(10-3-2-9(19)6-14(10)20)7-12-15(24)13(18(25)26)8-22(4-5-23)16(12)21-17;1-3-2/h2-3,6-8,23H,4-5H2,1H3,(H,25,26);3H2,1-2H3. The Kier molecular flexibility index (Phi) is 7.60. The molecule has 2 N–H and O–H groups in total. The van der Waals surface area contributed by atoms with Crippen molar-refractivity contribution in [2.24, 2.45) is 0 Å². The van der Waals surface area contributed by atoms with E-state index in [-0.39, 0.29) is 41.2 Å². The number of hydrogen-bond acceptors (Lipinski definition) is 5. The number of carboxylic acid groups (broad SMARTS) is 1. The zero-order valence-electron chi connectivity index (χ0n) is 16.8. The monoisotopic (exact) mass is 420 g/mol. The molecule has 0 amide bonds. The van der Waals surface area contributed by atoms with Gasteiger partial charge in [-0.1, -0.05) is 20.3 Å². The van der Waals surface area contributed by atoms with Gasteiger partial charge in [0, 0.05) is 29.9 Å². The summed E-state index contributed by atoms with van der Waals surface area (Å²) in [5.74, 6) is -3.15. The van der Waals surface area contributed by atoms with E-state index in [1.165, 1.54) is 30.2 Å². The minimum absolute atomic E-state index is 0.0164. The van der Waals surface area contributed by atoms with Crippen LogP contribution in [0.3, 0.4) is 0 Å². The highest BCUT2D eigenvalue weighted by Crippen LogP contribution is 2.33. The van der Waals surface area contributed by atoms with E-state index in [0.29, 0.717) is 6.07 Å². The van der Waals surface area contributed by atoms with E-state index >= 15 is 0 Å². The Hall–Kier alpha value is -3.33. The number of aromatic nitrogens is 2. The number of carbonyl (C=O) groups is 1. The summed E-state index contributed by atoms with van der Waals surface area (Å²) in [5.41, 5.74) is -1.25. The smallest absolute Gasteiger partial charge is 0.341 e. The van der Waals surface area contributed by atoms with Gasteiger partial charge in [-0.3, -0.25) is 4.79 Å². The first-order valence-electron chi connectivity index (χ1n) is 9.20. The Bertz CT molecular complexity index is 1130. The Morgan fingerprint density at radius 2 is 1.87 bits per heavy atom. The summed E-state index contributed by atoms with van der Waals surface area (Å²) in [7, 11) is 1.29. The second-order valence-electron chi connectivity index (χ2n) is 6.34. The number of aromatic carboxylic acids is 1. The van der Waals surface area contributed by atoms with Crippen molar-refractivity contribution in [1.82, 2.24) is 9.55 Å². The largest absolute Gasteiger partial charge is 0.480 e. The van der Waals surface area contributed by atoms with E-state index in [9.17, 15) is 28.6 Å². The van der Waals surface area contributed by atoms with Gasteiger partial charge in [0.1, 0.15) is 22.8 Å². The molecule has 1 aromatic carbocycles. The highest BCUT2D eigenvalue weighted by Gasteiger charge is 2.20. The molecule has 0 bridgehead atoms. The Morgan fingerprint density at radius 3 is 2.40 bits per heavy atom. The van der Waals surface area contributed by atoms with E-state index in [1.807, 2.05) is 0 Å². The molecule has 3 rings (SSSR count). The van der Waals surface area contributed by atoms with Crippen LogP contribution in [-0.4, -0.2) is 39.5 Å². The van der Waals surface area contributed by atoms with Crippen molar-refractivity contribution >= 4 is 17.0 Å². The molecular formula is C21H22F2N2O5. The lowest BCUT2D eigenvalue weighted by Gasteiger charge is -2.14. The van der Waals surface area contributed by atoms with Crippen molar-refractivity contribution in [3.8, 4) is 17.0 Å². The first-order chi connectivity index (χ1) is 14.3. The first kappa shape index (κ1) is 23.0. The maximum Gasteiger partial charge on any atom is 0.341 e. The van der Waals surface area contributed by atoms with Crippen molar-refractivity contribution in [2.45, 2.75) is 26.8 Å². The molecule has 0 atom stereocenters. The van der Waals surface area contributed by atoms with Gasteiger partial charge in [-0.05, 0) is 18.2 Å². The summed E-state index contributed by atoms with van der Waals surface area (Å²) in [5, 5.41) is 18.4. The summed E-state index contributed by atoms with van der Waals surface area (Å²) >= 11 is 0. The minimum Gasteiger partial charge on any atom is -0.480 e. The maximum atomic E-state index is 14.2. The predicted molar refractivity (Wildman–Crippen MR) is 108 cm³/mol. The van der Waals surface area contributed by atoms with Crippen LogP contribution in [0.5, 0.6) is 5.88 Å². The molecule has 160 valence electrons. The maximum absolute atomic E-state index is 14.2. The van der Waals surface area contributed by atoms with Crippen molar-refractivity contribution in [2.75, 3.05) is 13.7 Å². The van der Waals surface area contributed by atoms with E-state index in [4.69, 9.17) is 4.74 Å². The molecule has 2 heterocycles. The highest BCUT2D eigenvalue weighted by atomic mass is 19.1. The van der Waals surface area contributed by atoms with E-state index in [1.54, 1.807) is 0 Å². The van der Waals surface area contributed by atoms with E-state index in [2.05, 4.69) is 18.8 Å². The Morgan fingerprint density at radius 1 is 1.20 bits per heavy atom. The number of methoxy groups -OCH3 is 1. The number of benzene rings is 1. The Labute approximate surface area is 171 Å². The van der Waals surface area contributed by atoms with Crippen LogP contribution in [0, 0.1) is 11.6 Å². The van der Waals surface area contributed by atoms with Crippen LogP contribution in [0.4, 0.5) is 8.78 Å². The fourth-order valence-corrected chi connectivity index (χ4v) is 2.78. The van der Waals surface area contributed by atoms with Crippen LogP contribution in [0.1, 0.15) is 30.6 Å². The second kappa shape index (κ2) is 9.93.